The van der Waals surface area contributed by atoms with Crippen molar-refractivity contribution in [1.29, 1.82) is 0 Å². The molecule has 0 saturated carbocycles. The molecule has 0 aliphatic rings. The minimum Gasteiger partial charge on any atom is -0.355 e. The first-order valence-electron chi connectivity index (χ1n) is 6.37. The Hall–Kier alpha value is -1.19. The third-order valence-corrected chi connectivity index (χ3v) is 3.35. The summed E-state index contributed by atoms with van der Waals surface area (Å²) in [7, 11) is 0. The summed E-state index contributed by atoms with van der Waals surface area (Å²) in [5.41, 5.74) is 1.83. The van der Waals surface area contributed by atoms with Crippen molar-refractivity contribution in [2.45, 2.75) is 26.7 Å². The van der Waals surface area contributed by atoms with Crippen molar-refractivity contribution in [1.82, 2.24) is 9.55 Å². The van der Waals surface area contributed by atoms with Gasteiger partial charge in [0.15, 0.2) is 0 Å². The average Bonchev–Trinajstić information content (AvgIpc) is 2.71. The Kier molecular flexibility index (Phi) is 4.72. The number of rotatable bonds is 5. The van der Waals surface area contributed by atoms with Crippen LogP contribution in [0, 0.1) is 6.92 Å². The van der Waals surface area contributed by atoms with E-state index in [1.54, 1.807) is 6.07 Å². The van der Waals surface area contributed by atoms with Crippen molar-refractivity contribution in [2.75, 3.05) is 11.9 Å². The van der Waals surface area contributed by atoms with Crippen molar-refractivity contribution in [3.05, 3.63) is 40.1 Å². The monoisotopic (exact) mass is 297 g/mol. The van der Waals surface area contributed by atoms with Crippen LogP contribution in [0.1, 0.15) is 25.5 Å². The van der Waals surface area contributed by atoms with Crippen molar-refractivity contribution in [2.24, 2.45) is 0 Å². The molecule has 2 rings (SSSR count). The van der Waals surface area contributed by atoms with Gasteiger partial charge in [-0.15, -0.1) is 0 Å². The number of nitrogens with zero attached hydrogens (tertiary/aromatic N) is 2. The zero-order chi connectivity index (χ0) is 13.8. The molecule has 0 unspecified atom stereocenters. The van der Waals surface area contributed by atoms with Crippen LogP contribution in [0.4, 0.5) is 5.95 Å². The molecule has 5 heteroatoms. The molecule has 1 aromatic carbocycles. The zero-order valence-electron chi connectivity index (χ0n) is 11.1. The zero-order valence-corrected chi connectivity index (χ0v) is 12.6. The summed E-state index contributed by atoms with van der Waals surface area (Å²) < 4.78 is 1.96. The summed E-state index contributed by atoms with van der Waals surface area (Å²) in [6.45, 7) is 5.03. The molecule has 0 bridgehead atoms. The summed E-state index contributed by atoms with van der Waals surface area (Å²) in [6.07, 6.45) is 4.22. The largest absolute Gasteiger partial charge is 0.355 e. The lowest BCUT2D eigenvalue weighted by Gasteiger charge is -2.11. The first kappa shape index (κ1) is 14.2. The molecule has 1 N–H and O–H groups in total. The number of nitrogens with one attached hydrogen (secondary N) is 1. The molecule has 1 aromatic heterocycles. The molecule has 102 valence electrons. The molecule has 2 aromatic rings. The third-order valence-electron chi connectivity index (χ3n) is 2.81. The maximum absolute atomic E-state index is 6.25. The van der Waals surface area contributed by atoms with Crippen molar-refractivity contribution in [3.8, 4) is 5.69 Å². The lowest BCUT2D eigenvalue weighted by atomic mass is 10.3. The van der Waals surface area contributed by atoms with E-state index in [0.717, 1.165) is 36.7 Å². The molecular formula is C14H17Cl2N3. The SMILES string of the molecule is CCCCNc1nc(C)cn1-c1ccc(Cl)cc1Cl. The summed E-state index contributed by atoms with van der Waals surface area (Å²) >= 11 is 12.2. The van der Waals surface area contributed by atoms with Gasteiger partial charge in [-0.3, -0.25) is 4.57 Å². The standard InChI is InChI=1S/C14H17Cl2N3/c1-3-4-7-17-14-18-10(2)9-19(14)13-6-5-11(15)8-12(13)16/h5-6,8-9H,3-4,7H2,1-2H3,(H,17,18). The maximum Gasteiger partial charge on any atom is 0.207 e. The Morgan fingerprint density at radius 2 is 2.11 bits per heavy atom. The number of aromatic nitrogens is 2. The molecule has 0 atom stereocenters. The average molecular weight is 298 g/mol. The highest BCUT2D eigenvalue weighted by Gasteiger charge is 2.10. The quantitative estimate of drug-likeness (QED) is 0.811. The van der Waals surface area contributed by atoms with Crippen LogP contribution in [0.15, 0.2) is 24.4 Å². The first-order valence-corrected chi connectivity index (χ1v) is 7.12. The number of aryl methyl sites for hydroxylation is 1. The molecule has 0 fully saturated rings. The molecule has 0 spiro atoms. The molecular weight excluding hydrogens is 281 g/mol. The van der Waals surface area contributed by atoms with E-state index in [-0.39, 0.29) is 0 Å². The summed E-state index contributed by atoms with van der Waals surface area (Å²) in [6, 6.07) is 5.47. The molecule has 0 aliphatic heterocycles. The molecule has 0 saturated heterocycles. The van der Waals surface area contributed by atoms with E-state index >= 15 is 0 Å². The Bertz CT molecular complexity index is 564. The number of imidazole rings is 1. The second-order valence-electron chi connectivity index (χ2n) is 4.45. The molecule has 0 radical (unpaired) electrons. The van der Waals surface area contributed by atoms with Gasteiger partial charge in [0.2, 0.25) is 5.95 Å². The number of halogens is 2. The van der Waals surface area contributed by atoms with Crippen LogP contribution in [-0.2, 0) is 0 Å². The lowest BCUT2D eigenvalue weighted by molar-refractivity contribution is 0.823. The summed E-state index contributed by atoms with van der Waals surface area (Å²) in [4.78, 5) is 4.48. The van der Waals surface area contributed by atoms with E-state index in [0.29, 0.717) is 10.0 Å². The Morgan fingerprint density at radius 1 is 1.32 bits per heavy atom. The van der Waals surface area contributed by atoms with Gasteiger partial charge in [0.1, 0.15) is 0 Å². The molecule has 19 heavy (non-hydrogen) atoms. The fraction of sp³-hybridized carbons (Fsp3) is 0.357. The van der Waals surface area contributed by atoms with Gasteiger partial charge in [-0.2, -0.15) is 0 Å². The second-order valence-corrected chi connectivity index (χ2v) is 5.30. The number of hydrogen-bond acceptors (Lipinski definition) is 2. The normalized spacial score (nSPS) is 10.7. The van der Waals surface area contributed by atoms with Crippen molar-refractivity contribution < 1.29 is 0 Å². The second kappa shape index (κ2) is 6.31. The highest BCUT2D eigenvalue weighted by Crippen LogP contribution is 2.27. The van der Waals surface area contributed by atoms with Crippen LogP contribution in [0.3, 0.4) is 0 Å². The van der Waals surface area contributed by atoms with Crippen LogP contribution in [0.25, 0.3) is 5.69 Å². The van der Waals surface area contributed by atoms with Crippen LogP contribution in [0.2, 0.25) is 10.0 Å². The summed E-state index contributed by atoms with van der Waals surface area (Å²) in [5, 5.41) is 4.58. The first-order chi connectivity index (χ1) is 9.11. The lowest BCUT2D eigenvalue weighted by Crippen LogP contribution is -2.07. The fourth-order valence-electron chi connectivity index (χ4n) is 1.86. The van der Waals surface area contributed by atoms with Gasteiger partial charge < -0.3 is 5.32 Å². The minimum atomic E-state index is 0.614. The minimum absolute atomic E-state index is 0.614. The predicted molar refractivity (Wildman–Crippen MR) is 81.7 cm³/mol. The molecule has 0 amide bonds. The van der Waals surface area contributed by atoms with Crippen molar-refractivity contribution >= 4 is 29.2 Å². The van der Waals surface area contributed by atoms with E-state index < -0.39 is 0 Å². The highest BCUT2D eigenvalue weighted by molar-refractivity contribution is 6.35. The van der Waals surface area contributed by atoms with Crippen LogP contribution in [-0.4, -0.2) is 16.1 Å². The van der Waals surface area contributed by atoms with E-state index in [4.69, 9.17) is 23.2 Å². The molecule has 0 aliphatic carbocycles. The number of hydrogen-bond donors (Lipinski definition) is 1. The van der Waals surface area contributed by atoms with Gasteiger partial charge in [0.25, 0.3) is 0 Å². The third kappa shape index (κ3) is 3.43. The van der Waals surface area contributed by atoms with Gasteiger partial charge in [-0.1, -0.05) is 36.5 Å². The number of unbranched alkanes of at least 4 members (excludes halogenated alkanes) is 1. The number of anilines is 1. The maximum atomic E-state index is 6.25. The smallest absolute Gasteiger partial charge is 0.207 e. The topological polar surface area (TPSA) is 29.9 Å². The van der Waals surface area contributed by atoms with E-state index in [1.807, 2.05) is 29.8 Å². The summed E-state index contributed by atoms with van der Waals surface area (Å²) in [5.74, 6) is 0.815. The Balaban J connectivity index is 2.32. The van der Waals surface area contributed by atoms with Gasteiger partial charge in [0, 0.05) is 17.8 Å². The van der Waals surface area contributed by atoms with E-state index in [1.165, 1.54) is 0 Å². The predicted octanol–water partition coefficient (Wildman–Crippen LogP) is 4.70. The molecule has 3 nitrogen and oxygen atoms in total. The Labute approximate surface area is 123 Å². The van der Waals surface area contributed by atoms with Crippen LogP contribution in [0.5, 0.6) is 0 Å². The van der Waals surface area contributed by atoms with Crippen LogP contribution < -0.4 is 5.32 Å². The van der Waals surface area contributed by atoms with E-state index in [2.05, 4.69) is 17.2 Å². The van der Waals surface area contributed by atoms with Gasteiger partial charge in [-0.25, -0.2) is 4.98 Å². The van der Waals surface area contributed by atoms with Crippen molar-refractivity contribution in [3.63, 3.8) is 0 Å². The fourth-order valence-corrected chi connectivity index (χ4v) is 2.36. The van der Waals surface area contributed by atoms with Gasteiger partial charge in [0.05, 0.1) is 16.4 Å². The Morgan fingerprint density at radius 3 is 2.79 bits per heavy atom. The van der Waals surface area contributed by atoms with Gasteiger partial charge >= 0.3 is 0 Å². The number of benzene rings is 1. The van der Waals surface area contributed by atoms with Gasteiger partial charge in [-0.05, 0) is 31.5 Å². The van der Waals surface area contributed by atoms with Crippen LogP contribution >= 0.6 is 23.2 Å². The molecule has 1 heterocycles. The highest BCUT2D eigenvalue weighted by atomic mass is 35.5. The van der Waals surface area contributed by atoms with E-state index in [9.17, 15) is 0 Å².